The molecule has 1 N–H and O–H groups in total. The minimum atomic E-state index is 0.725. The molecular weight excluding hydrogens is 291 g/mol. The number of nitrogens with one attached hydrogen (secondary N) is 1. The van der Waals surface area contributed by atoms with Crippen LogP contribution in [0.1, 0.15) is 0 Å². The second kappa shape index (κ2) is 4.11. The monoisotopic (exact) mass is 301 g/mol. The van der Waals surface area contributed by atoms with E-state index in [1.165, 1.54) is 0 Å². The Kier molecular flexibility index (Phi) is 2.47. The van der Waals surface area contributed by atoms with Crippen LogP contribution in [0.4, 0.5) is 0 Å². The van der Waals surface area contributed by atoms with Crippen molar-refractivity contribution in [1.29, 1.82) is 0 Å². The van der Waals surface area contributed by atoms with Crippen molar-refractivity contribution in [2.45, 2.75) is 0 Å². The standard InChI is InChI=1S/C16H10Cl2N2/c1-20-13-5-3-2-4-10(13)14(18)15-16(20)11-8-9(17)6-7-12(11)19-15/h2-8H,1H3/p+1. The fourth-order valence-corrected chi connectivity index (χ4v) is 3.33. The van der Waals surface area contributed by atoms with Gasteiger partial charge in [-0.15, -0.1) is 0 Å². The van der Waals surface area contributed by atoms with E-state index in [9.17, 15) is 0 Å². The lowest BCUT2D eigenvalue weighted by Crippen LogP contribution is -2.29. The first-order valence-corrected chi connectivity index (χ1v) is 7.09. The third-order valence-electron chi connectivity index (χ3n) is 3.79. The van der Waals surface area contributed by atoms with Crippen LogP contribution in [0, 0.1) is 0 Å². The number of hydrogen-bond acceptors (Lipinski definition) is 0. The molecule has 0 saturated carbocycles. The second-order valence-electron chi connectivity index (χ2n) is 4.93. The summed E-state index contributed by atoms with van der Waals surface area (Å²) in [7, 11) is 2.05. The van der Waals surface area contributed by atoms with Crippen molar-refractivity contribution < 1.29 is 4.57 Å². The van der Waals surface area contributed by atoms with Crippen LogP contribution in [-0.4, -0.2) is 4.98 Å². The Morgan fingerprint density at radius 3 is 2.65 bits per heavy atom. The van der Waals surface area contributed by atoms with Gasteiger partial charge in [-0.2, -0.15) is 4.57 Å². The van der Waals surface area contributed by atoms with Gasteiger partial charge in [0.1, 0.15) is 12.6 Å². The Morgan fingerprint density at radius 2 is 1.80 bits per heavy atom. The van der Waals surface area contributed by atoms with E-state index < -0.39 is 0 Å². The lowest BCUT2D eigenvalue weighted by atomic mass is 10.1. The second-order valence-corrected chi connectivity index (χ2v) is 5.74. The van der Waals surface area contributed by atoms with Crippen molar-refractivity contribution in [2.75, 3.05) is 0 Å². The highest BCUT2D eigenvalue weighted by Crippen LogP contribution is 2.33. The van der Waals surface area contributed by atoms with Gasteiger partial charge in [0.25, 0.3) is 0 Å². The summed E-state index contributed by atoms with van der Waals surface area (Å²) in [4.78, 5) is 3.40. The summed E-state index contributed by atoms with van der Waals surface area (Å²) in [6.07, 6.45) is 0. The predicted octanol–water partition coefficient (Wildman–Crippen LogP) is 4.61. The average Bonchev–Trinajstić information content (AvgIpc) is 2.84. The highest BCUT2D eigenvalue weighted by molar-refractivity contribution is 6.40. The molecule has 98 valence electrons. The summed E-state index contributed by atoms with van der Waals surface area (Å²) < 4.78 is 2.16. The van der Waals surface area contributed by atoms with Gasteiger partial charge >= 0.3 is 0 Å². The van der Waals surface area contributed by atoms with Crippen LogP contribution in [0.3, 0.4) is 0 Å². The molecule has 4 aromatic rings. The topological polar surface area (TPSA) is 19.7 Å². The number of pyridine rings is 1. The molecule has 20 heavy (non-hydrogen) atoms. The zero-order valence-electron chi connectivity index (χ0n) is 10.7. The van der Waals surface area contributed by atoms with Crippen LogP contribution in [-0.2, 0) is 7.05 Å². The number of aromatic nitrogens is 2. The molecule has 2 aromatic heterocycles. The Balaban J connectivity index is 2.36. The third-order valence-corrected chi connectivity index (χ3v) is 4.42. The molecule has 0 saturated heterocycles. The highest BCUT2D eigenvalue weighted by atomic mass is 35.5. The fraction of sp³-hybridized carbons (Fsp3) is 0.0625. The summed E-state index contributed by atoms with van der Waals surface area (Å²) in [5.41, 5.74) is 4.17. The maximum atomic E-state index is 6.58. The number of hydrogen-bond donors (Lipinski definition) is 1. The summed E-state index contributed by atoms with van der Waals surface area (Å²) >= 11 is 12.7. The average molecular weight is 302 g/mol. The molecule has 0 atom stereocenters. The summed E-state index contributed by atoms with van der Waals surface area (Å²) in [6, 6.07) is 14.0. The van der Waals surface area contributed by atoms with E-state index in [0.717, 1.165) is 42.9 Å². The molecule has 0 aliphatic heterocycles. The van der Waals surface area contributed by atoms with Crippen LogP contribution in [0.25, 0.3) is 32.8 Å². The number of nitrogens with zero attached hydrogens (tertiary/aromatic N) is 1. The number of H-pyrrole nitrogens is 1. The van der Waals surface area contributed by atoms with E-state index >= 15 is 0 Å². The number of aryl methyl sites for hydroxylation is 1. The number of para-hydroxylation sites is 1. The minimum absolute atomic E-state index is 0.725. The van der Waals surface area contributed by atoms with Crippen molar-refractivity contribution in [3.8, 4) is 0 Å². The zero-order valence-corrected chi connectivity index (χ0v) is 12.3. The quantitative estimate of drug-likeness (QED) is 0.458. The molecule has 4 rings (SSSR count). The van der Waals surface area contributed by atoms with Gasteiger partial charge in [-0.25, -0.2) is 0 Å². The first-order chi connectivity index (χ1) is 9.66. The Morgan fingerprint density at radius 1 is 1.00 bits per heavy atom. The van der Waals surface area contributed by atoms with Gasteiger partial charge in [0, 0.05) is 11.1 Å². The van der Waals surface area contributed by atoms with E-state index in [4.69, 9.17) is 23.2 Å². The highest BCUT2D eigenvalue weighted by Gasteiger charge is 2.21. The van der Waals surface area contributed by atoms with Crippen LogP contribution < -0.4 is 4.57 Å². The van der Waals surface area contributed by atoms with Crippen molar-refractivity contribution in [3.05, 3.63) is 52.5 Å². The molecule has 4 heteroatoms. The van der Waals surface area contributed by atoms with Crippen LogP contribution in [0.15, 0.2) is 42.5 Å². The zero-order chi connectivity index (χ0) is 13.9. The molecule has 0 unspecified atom stereocenters. The van der Waals surface area contributed by atoms with Crippen LogP contribution in [0.2, 0.25) is 10.0 Å². The van der Waals surface area contributed by atoms with Gasteiger partial charge in [0.2, 0.25) is 11.0 Å². The Bertz CT molecular complexity index is 986. The van der Waals surface area contributed by atoms with E-state index in [0.29, 0.717) is 0 Å². The molecular formula is C16H11Cl2N2+. The summed E-state index contributed by atoms with van der Waals surface area (Å²) in [6.45, 7) is 0. The molecule has 2 nitrogen and oxygen atoms in total. The van der Waals surface area contributed by atoms with E-state index in [-0.39, 0.29) is 0 Å². The number of benzene rings is 2. The number of fused-ring (bicyclic) bond motifs is 4. The van der Waals surface area contributed by atoms with Crippen LogP contribution >= 0.6 is 23.2 Å². The van der Waals surface area contributed by atoms with Crippen molar-refractivity contribution in [3.63, 3.8) is 0 Å². The van der Waals surface area contributed by atoms with Gasteiger partial charge in [-0.1, -0.05) is 35.3 Å². The first kappa shape index (κ1) is 12.0. The van der Waals surface area contributed by atoms with Gasteiger partial charge < -0.3 is 4.98 Å². The van der Waals surface area contributed by atoms with Gasteiger partial charge in [0.05, 0.1) is 21.3 Å². The maximum Gasteiger partial charge on any atom is 0.240 e. The van der Waals surface area contributed by atoms with Crippen molar-refractivity contribution in [2.24, 2.45) is 7.05 Å². The van der Waals surface area contributed by atoms with E-state index in [1.54, 1.807) is 0 Å². The van der Waals surface area contributed by atoms with Gasteiger partial charge in [0.15, 0.2) is 0 Å². The molecule has 0 bridgehead atoms. The fourth-order valence-electron chi connectivity index (χ4n) is 2.86. The van der Waals surface area contributed by atoms with Crippen LogP contribution in [0.5, 0.6) is 0 Å². The molecule has 0 radical (unpaired) electrons. The number of rotatable bonds is 0. The number of halogens is 2. The van der Waals surface area contributed by atoms with Crippen molar-refractivity contribution >= 4 is 56.0 Å². The van der Waals surface area contributed by atoms with E-state index in [2.05, 4.69) is 22.7 Å². The smallest absolute Gasteiger partial charge is 0.240 e. The molecule has 0 aliphatic carbocycles. The first-order valence-electron chi connectivity index (χ1n) is 6.34. The number of aromatic amines is 1. The molecule has 2 aromatic carbocycles. The lowest BCUT2D eigenvalue weighted by molar-refractivity contribution is -0.616. The Hall–Kier alpha value is -1.77. The largest absolute Gasteiger partial charge is 0.348 e. The normalized spacial score (nSPS) is 11.8. The Labute approximate surface area is 125 Å². The lowest BCUT2D eigenvalue weighted by Gasteiger charge is -2.01. The molecule has 0 aliphatic rings. The van der Waals surface area contributed by atoms with Crippen molar-refractivity contribution in [1.82, 2.24) is 4.98 Å². The molecule has 0 amide bonds. The predicted molar refractivity (Wildman–Crippen MR) is 84.5 cm³/mol. The van der Waals surface area contributed by atoms with Gasteiger partial charge in [-0.05, 0) is 24.3 Å². The minimum Gasteiger partial charge on any atom is -0.348 e. The van der Waals surface area contributed by atoms with Gasteiger partial charge in [-0.3, -0.25) is 0 Å². The maximum absolute atomic E-state index is 6.58. The van der Waals surface area contributed by atoms with E-state index in [1.807, 2.05) is 36.4 Å². The molecule has 0 fully saturated rings. The summed E-state index contributed by atoms with van der Waals surface area (Å²) in [5, 5.41) is 3.60. The molecule has 2 heterocycles. The summed E-state index contributed by atoms with van der Waals surface area (Å²) in [5.74, 6) is 0. The molecule has 0 spiro atoms. The SMILES string of the molecule is C[n+]1c2ccccc2c(Cl)c2[nH]c3ccc(Cl)cc3c21. The third kappa shape index (κ3) is 1.49.